The van der Waals surface area contributed by atoms with Gasteiger partial charge >= 0.3 is 0 Å². The largest absolute Gasteiger partial charge is 0.339 e. The fourth-order valence-corrected chi connectivity index (χ4v) is 4.25. The summed E-state index contributed by atoms with van der Waals surface area (Å²) in [5, 5.41) is 11.6. The second-order valence-electron chi connectivity index (χ2n) is 5.85. The Morgan fingerprint density at radius 3 is 2.52 bits per heavy atom. The van der Waals surface area contributed by atoms with Gasteiger partial charge in [0.05, 0.1) is 5.75 Å². The fourth-order valence-electron chi connectivity index (χ4n) is 2.64. The number of benzene rings is 1. The highest BCUT2D eigenvalue weighted by Gasteiger charge is 2.18. The van der Waals surface area contributed by atoms with Crippen molar-refractivity contribution in [2.75, 3.05) is 24.2 Å². The molecule has 0 bridgehead atoms. The van der Waals surface area contributed by atoms with Crippen molar-refractivity contribution in [1.82, 2.24) is 15.1 Å². The van der Waals surface area contributed by atoms with Crippen LogP contribution in [-0.2, 0) is 4.79 Å². The van der Waals surface area contributed by atoms with E-state index in [-0.39, 0.29) is 17.6 Å². The number of hydrogen-bond acceptors (Lipinski definition) is 6. The van der Waals surface area contributed by atoms with E-state index in [9.17, 15) is 9.59 Å². The number of hydrogen-bond donors (Lipinski definition) is 1. The van der Waals surface area contributed by atoms with E-state index >= 15 is 0 Å². The molecule has 0 radical (unpaired) electrons. The molecule has 1 saturated heterocycles. The molecule has 1 aliphatic rings. The number of aromatic nitrogens is 2. The smallest absolute Gasteiger partial charge is 0.253 e. The molecule has 1 N–H and O–H groups in total. The fraction of sp³-hybridized carbons (Fsp3) is 0.412. The van der Waals surface area contributed by atoms with Crippen LogP contribution in [0.25, 0.3) is 0 Å². The lowest BCUT2D eigenvalue weighted by molar-refractivity contribution is -0.113. The maximum Gasteiger partial charge on any atom is 0.253 e. The Kier molecular flexibility index (Phi) is 6.04. The zero-order chi connectivity index (χ0) is 17.6. The molecule has 1 aromatic heterocycles. The zero-order valence-corrected chi connectivity index (χ0v) is 15.7. The minimum absolute atomic E-state index is 0.0692. The third kappa shape index (κ3) is 5.02. The van der Waals surface area contributed by atoms with Crippen LogP contribution in [0.4, 0.5) is 5.69 Å². The quantitative estimate of drug-likeness (QED) is 0.811. The molecule has 0 saturated carbocycles. The lowest BCUT2D eigenvalue weighted by atomic mass is 10.1. The molecule has 0 aliphatic carbocycles. The highest BCUT2D eigenvalue weighted by Crippen LogP contribution is 2.22. The average Bonchev–Trinajstić information content (AvgIpc) is 3.06. The molecular formula is C17H20N4O2S2. The molecule has 2 heterocycles. The van der Waals surface area contributed by atoms with Crippen molar-refractivity contribution in [1.29, 1.82) is 0 Å². The lowest BCUT2D eigenvalue weighted by Gasteiger charge is -2.26. The van der Waals surface area contributed by atoms with Crippen molar-refractivity contribution in [2.45, 2.75) is 30.5 Å². The highest BCUT2D eigenvalue weighted by molar-refractivity contribution is 8.01. The van der Waals surface area contributed by atoms with Crippen molar-refractivity contribution >= 4 is 40.6 Å². The SMILES string of the molecule is Cc1nnc(SCC(=O)Nc2ccc(C(=O)N3CCCCC3)cc2)s1. The van der Waals surface area contributed by atoms with E-state index in [1.165, 1.54) is 29.5 Å². The molecule has 2 amide bonds. The summed E-state index contributed by atoms with van der Waals surface area (Å²) in [6.45, 7) is 3.55. The van der Waals surface area contributed by atoms with Crippen LogP contribution in [0, 0.1) is 6.92 Å². The summed E-state index contributed by atoms with van der Waals surface area (Å²) in [4.78, 5) is 26.3. The Labute approximate surface area is 155 Å². The minimum Gasteiger partial charge on any atom is -0.339 e. The first kappa shape index (κ1) is 17.9. The molecule has 1 aliphatic heterocycles. The molecule has 1 fully saturated rings. The molecule has 8 heteroatoms. The van der Waals surface area contributed by atoms with Crippen LogP contribution < -0.4 is 5.32 Å². The van der Waals surface area contributed by atoms with E-state index in [4.69, 9.17) is 0 Å². The third-order valence-corrected chi connectivity index (χ3v) is 5.87. The number of aryl methyl sites for hydroxylation is 1. The molecule has 6 nitrogen and oxygen atoms in total. The second-order valence-corrected chi connectivity index (χ2v) is 8.26. The van der Waals surface area contributed by atoms with Gasteiger partial charge in [-0.1, -0.05) is 23.1 Å². The first-order valence-corrected chi connectivity index (χ1v) is 10.0. The van der Waals surface area contributed by atoms with Gasteiger partial charge in [0.2, 0.25) is 5.91 Å². The highest BCUT2D eigenvalue weighted by atomic mass is 32.2. The van der Waals surface area contributed by atoms with Gasteiger partial charge in [-0.3, -0.25) is 9.59 Å². The molecule has 132 valence electrons. The first-order valence-electron chi connectivity index (χ1n) is 8.24. The summed E-state index contributed by atoms with van der Waals surface area (Å²) in [6.07, 6.45) is 3.35. The summed E-state index contributed by atoms with van der Waals surface area (Å²) in [6, 6.07) is 7.09. The van der Waals surface area contributed by atoms with Gasteiger partial charge in [-0.2, -0.15) is 0 Å². The summed E-state index contributed by atoms with van der Waals surface area (Å²) >= 11 is 2.84. The van der Waals surface area contributed by atoms with Crippen LogP contribution in [0.5, 0.6) is 0 Å². The molecule has 0 unspecified atom stereocenters. The Hall–Kier alpha value is -1.93. The lowest BCUT2D eigenvalue weighted by Crippen LogP contribution is -2.35. The average molecular weight is 377 g/mol. The number of carbonyl (C=O) groups excluding carboxylic acids is 2. The third-order valence-electron chi connectivity index (χ3n) is 3.89. The molecule has 25 heavy (non-hydrogen) atoms. The maximum absolute atomic E-state index is 12.4. The topological polar surface area (TPSA) is 75.2 Å². The minimum atomic E-state index is -0.104. The van der Waals surface area contributed by atoms with Gasteiger partial charge in [0, 0.05) is 24.3 Å². The van der Waals surface area contributed by atoms with Gasteiger partial charge in [-0.05, 0) is 50.5 Å². The Morgan fingerprint density at radius 1 is 1.16 bits per heavy atom. The number of rotatable bonds is 5. The first-order chi connectivity index (χ1) is 12.1. The van der Waals surface area contributed by atoms with E-state index in [0.717, 1.165) is 35.3 Å². The van der Waals surface area contributed by atoms with Crippen molar-refractivity contribution in [3.05, 3.63) is 34.8 Å². The van der Waals surface area contributed by atoms with Crippen molar-refractivity contribution in [3.63, 3.8) is 0 Å². The molecule has 3 rings (SSSR count). The van der Waals surface area contributed by atoms with E-state index < -0.39 is 0 Å². The molecule has 1 aromatic carbocycles. The van der Waals surface area contributed by atoms with Crippen LogP contribution in [-0.4, -0.2) is 45.8 Å². The van der Waals surface area contributed by atoms with Crippen molar-refractivity contribution in [2.24, 2.45) is 0 Å². The summed E-state index contributed by atoms with van der Waals surface area (Å²) in [7, 11) is 0. The molecule has 0 spiro atoms. The van der Waals surface area contributed by atoms with E-state index in [0.29, 0.717) is 11.3 Å². The van der Waals surface area contributed by atoms with E-state index in [1.54, 1.807) is 24.3 Å². The number of likely N-dealkylation sites (tertiary alicyclic amines) is 1. The number of amides is 2. The molecule has 2 aromatic rings. The van der Waals surface area contributed by atoms with Gasteiger partial charge in [-0.25, -0.2) is 0 Å². The van der Waals surface area contributed by atoms with E-state index in [1.807, 2.05) is 11.8 Å². The number of nitrogens with one attached hydrogen (secondary N) is 1. The Bertz CT molecular complexity index is 739. The van der Waals surface area contributed by atoms with Crippen LogP contribution >= 0.6 is 23.1 Å². The summed E-state index contributed by atoms with van der Waals surface area (Å²) < 4.78 is 0.787. The zero-order valence-electron chi connectivity index (χ0n) is 14.0. The normalized spacial score (nSPS) is 14.4. The summed E-state index contributed by atoms with van der Waals surface area (Å²) in [5.74, 6) is 0.246. The monoisotopic (exact) mass is 376 g/mol. The number of piperidine rings is 1. The summed E-state index contributed by atoms with van der Waals surface area (Å²) in [5.41, 5.74) is 1.35. The van der Waals surface area contributed by atoms with Crippen molar-refractivity contribution in [3.8, 4) is 0 Å². The van der Waals surface area contributed by atoms with Crippen LogP contribution in [0.15, 0.2) is 28.6 Å². The van der Waals surface area contributed by atoms with Crippen LogP contribution in [0.1, 0.15) is 34.6 Å². The standard InChI is InChI=1S/C17H20N4O2S2/c1-12-19-20-17(25-12)24-11-15(22)18-14-7-5-13(6-8-14)16(23)21-9-3-2-4-10-21/h5-8H,2-4,9-11H2,1H3,(H,18,22). The number of thioether (sulfide) groups is 1. The van der Waals surface area contributed by atoms with Gasteiger partial charge in [0.25, 0.3) is 5.91 Å². The van der Waals surface area contributed by atoms with Gasteiger partial charge in [-0.15, -0.1) is 10.2 Å². The Morgan fingerprint density at radius 2 is 1.88 bits per heavy atom. The number of carbonyl (C=O) groups is 2. The Balaban J connectivity index is 1.51. The van der Waals surface area contributed by atoms with Crippen LogP contribution in [0.3, 0.4) is 0 Å². The maximum atomic E-state index is 12.4. The number of anilines is 1. The van der Waals surface area contributed by atoms with Crippen molar-refractivity contribution < 1.29 is 9.59 Å². The predicted molar refractivity (Wildman–Crippen MR) is 100 cm³/mol. The van der Waals surface area contributed by atoms with Gasteiger partial charge < -0.3 is 10.2 Å². The second kappa shape index (κ2) is 8.44. The molecule has 0 atom stereocenters. The van der Waals surface area contributed by atoms with E-state index in [2.05, 4.69) is 15.5 Å². The predicted octanol–water partition coefficient (Wildman–Crippen LogP) is 3.20. The van der Waals surface area contributed by atoms with Crippen LogP contribution in [0.2, 0.25) is 0 Å². The number of nitrogens with zero attached hydrogens (tertiary/aromatic N) is 3. The van der Waals surface area contributed by atoms with Gasteiger partial charge in [0.1, 0.15) is 5.01 Å². The molecular weight excluding hydrogens is 356 g/mol. The van der Waals surface area contributed by atoms with Gasteiger partial charge in [0.15, 0.2) is 4.34 Å².